The van der Waals surface area contributed by atoms with Crippen molar-refractivity contribution in [2.24, 2.45) is 5.41 Å². The Labute approximate surface area is 397 Å². The van der Waals surface area contributed by atoms with E-state index in [1.807, 2.05) is 48.5 Å². The largest absolute Gasteiger partial charge is 0.497 e. The van der Waals surface area contributed by atoms with Crippen molar-refractivity contribution in [1.29, 1.82) is 0 Å². The third-order valence-corrected chi connectivity index (χ3v) is 12.0. The molecule has 368 valence electrons. The fraction of sp³-hybridized carbons (Fsp3) is 0.684. The molecule has 2 aromatic carbocycles. The first-order valence-electron chi connectivity index (χ1n) is 26.0. The molecule has 0 N–H and O–H groups in total. The first kappa shape index (κ1) is 57.5. The molecule has 0 bridgehead atoms. The number of carbonyl (C=O) groups is 2. The molecule has 0 amide bonds. The van der Waals surface area contributed by atoms with E-state index in [9.17, 15) is 9.59 Å². The number of benzene rings is 2. The van der Waals surface area contributed by atoms with E-state index in [-0.39, 0.29) is 38.4 Å². The normalized spacial score (nSPS) is 11.8. The van der Waals surface area contributed by atoms with Crippen LogP contribution in [0.15, 0.2) is 72.8 Å². The van der Waals surface area contributed by atoms with Crippen molar-refractivity contribution in [3.8, 4) is 11.5 Å². The lowest BCUT2D eigenvalue weighted by atomic mass is 9.92. The van der Waals surface area contributed by atoms with E-state index in [0.717, 1.165) is 74.0 Å². The minimum Gasteiger partial charge on any atom is -0.497 e. The maximum absolute atomic E-state index is 13.2. The monoisotopic (exact) mass is 905 g/mol. The summed E-state index contributed by atoms with van der Waals surface area (Å²) in [4.78, 5) is 26.4. The van der Waals surface area contributed by atoms with E-state index in [2.05, 4.69) is 38.2 Å². The Hall–Kier alpha value is -3.62. The Morgan fingerprint density at radius 2 is 0.723 bits per heavy atom. The quantitative estimate of drug-likeness (QED) is 0.0369. The molecule has 0 saturated heterocycles. The average Bonchev–Trinajstić information content (AvgIpc) is 3.33. The Balaban J connectivity index is 1.90. The van der Waals surface area contributed by atoms with Gasteiger partial charge in [-0.15, -0.1) is 0 Å². The summed E-state index contributed by atoms with van der Waals surface area (Å²) in [5.41, 5.74) is 1.04. The van der Waals surface area contributed by atoms with Gasteiger partial charge in [-0.25, -0.2) is 0 Å². The topological polar surface area (TPSA) is 89.5 Å². The number of ether oxygens (including phenoxy) is 6. The number of hydrogen-bond donors (Lipinski definition) is 0. The van der Waals surface area contributed by atoms with E-state index in [0.29, 0.717) is 26.1 Å². The van der Waals surface area contributed by atoms with E-state index < -0.39 is 5.41 Å². The van der Waals surface area contributed by atoms with Crippen LogP contribution in [-0.2, 0) is 41.8 Å². The minimum absolute atomic E-state index is 0.0167. The van der Waals surface area contributed by atoms with Crippen LogP contribution in [-0.4, -0.2) is 52.6 Å². The maximum atomic E-state index is 13.2. The van der Waals surface area contributed by atoms with E-state index in [4.69, 9.17) is 28.4 Å². The first-order valence-corrected chi connectivity index (χ1v) is 26.0. The zero-order chi connectivity index (χ0) is 46.7. The molecule has 0 saturated carbocycles. The van der Waals surface area contributed by atoms with Crippen LogP contribution in [0, 0.1) is 5.41 Å². The number of rotatable bonds is 44. The standard InChI is InChI=1S/C57H92O8/c1-5-7-9-11-13-15-17-19-21-23-25-27-29-31-33-35-55(58)64-49-57(47-62-45-51-37-41-53(60-3)42-38-51,48-63-46-52-39-43-54(61-4)44-40-52)50-65-56(59)36-34-32-30-28-26-24-22-20-18-16-14-12-10-8-6-2/h19-22,37-44H,5-18,23-36,45-50H2,1-4H3/b21-19-,22-20-. The molecule has 0 aliphatic carbocycles. The van der Waals surface area contributed by atoms with Gasteiger partial charge in [0.15, 0.2) is 0 Å². The number of carbonyl (C=O) groups excluding carboxylic acids is 2. The molecule has 0 radical (unpaired) electrons. The van der Waals surface area contributed by atoms with Gasteiger partial charge in [-0.05, 0) is 99.6 Å². The van der Waals surface area contributed by atoms with Crippen LogP contribution in [0.1, 0.15) is 205 Å². The molecule has 0 aliphatic heterocycles. The maximum Gasteiger partial charge on any atom is 0.305 e. The molecule has 0 fully saturated rings. The van der Waals surface area contributed by atoms with Gasteiger partial charge in [-0.2, -0.15) is 0 Å². The summed E-state index contributed by atoms with van der Waals surface area (Å²) in [6, 6.07) is 15.4. The second kappa shape index (κ2) is 40.6. The van der Waals surface area contributed by atoms with Crippen LogP contribution in [0.25, 0.3) is 0 Å². The third kappa shape index (κ3) is 31.9. The molecule has 8 heteroatoms. The van der Waals surface area contributed by atoms with Crippen molar-refractivity contribution in [3.05, 3.63) is 84.0 Å². The summed E-state index contributed by atoms with van der Waals surface area (Å²) in [6.45, 7) is 5.56. The number of methoxy groups -OCH3 is 2. The van der Waals surface area contributed by atoms with Gasteiger partial charge < -0.3 is 28.4 Å². The van der Waals surface area contributed by atoms with Crippen molar-refractivity contribution in [1.82, 2.24) is 0 Å². The molecular weight excluding hydrogens is 813 g/mol. The molecule has 8 nitrogen and oxygen atoms in total. The molecule has 65 heavy (non-hydrogen) atoms. The van der Waals surface area contributed by atoms with Gasteiger partial charge in [0.25, 0.3) is 0 Å². The molecular formula is C57H92O8. The van der Waals surface area contributed by atoms with Crippen molar-refractivity contribution < 1.29 is 38.0 Å². The Kier molecular flexibility index (Phi) is 36.0. The van der Waals surface area contributed by atoms with Crippen LogP contribution in [0.5, 0.6) is 11.5 Å². The summed E-state index contributed by atoms with van der Waals surface area (Å²) in [5, 5.41) is 0. The highest BCUT2D eigenvalue weighted by atomic mass is 16.6. The number of hydrogen-bond acceptors (Lipinski definition) is 8. The highest BCUT2D eigenvalue weighted by Gasteiger charge is 2.35. The molecule has 0 unspecified atom stereocenters. The summed E-state index contributed by atoms with van der Waals surface area (Å²) >= 11 is 0. The third-order valence-electron chi connectivity index (χ3n) is 12.0. The Morgan fingerprint density at radius 3 is 1.05 bits per heavy atom. The smallest absolute Gasteiger partial charge is 0.305 e. The van der Waals surface area contributed by atoms with Gasteiger partial charge in [0, 0.05) is 12.8 Å². The molecule has 0 aliphatic rings. The zero-order valence-corrected chi connectivity index (χ0v) is 41.7. The summed E-state index contributed by atoms with van der Waals surface area (Å²) in [5.74, 6) is 1.03. The number of esters is 2. The lowest BCUT2D eigenvalue weighted by Crippen LogP contribution is -2.43. The van der Waals surface area contributed by atoms with Crippen LogP contribution in [0.4, 0.5) is 0 Å². The second-order valence-corrected chi connectivity index (χ2v) is 18.2. The lowest BCUT2D eigenvalue weighted by molar-refractivity contribution is -0.164. The van der Waals surface area contributed by atoms with Gasteiger partial charge in [0.1, 0.15) is 24.7 Å². The highest BCUT2D eigenvalue weighted by Crippen LogP contribution is 2.25. The second-order valence-electron chi connectivity index (χ2n) is 18.2. The Morgan fingerprint density at radius 1 is 0.415 bits per heavy atom. The zero-order valence-electron chi connectivity index (χ0n) is 41.7. The van der Waals surface area contributed by atoms with E-state index in [1.54, 1.807) is 14.2 Å². The Bertz CT molecular complexity index is 1360. The number of unbranched alkanes of at least 4 members (excludes halogenated alkanes) is 22. The molecule has 0 aromatic heterocycles. The van der Waals surface area contributed by atoms with Crippen LogP contribution in [0.3, 0.4) is 0 Å². The van der Waals surface area contributed by atoms with Crippen molar-refractivity contribution in [3.63, 3.8) is 0 Å². The fourth-order valence-electron chi connectivity index (χ4n) is 7.76. The van der Waals surface area contributed by atoms with Crippen molar-refractivity contribution in [2.45, 2.75) is 207 Å². The van der Waals surface area contributed by atoms with Crippen molar-refractivity contribution in [2.75, 3.05) is 40.6 Å². The SMILES string of the molecule is CCCCCCCC/C=C\CCCCCCCC(=O)OCC(COCc1ccc(OC)cc1)(COCc1ccc(OC)cc1)COC(=O)CCCCCCC/C=C\CCCCCCCC. The van der Waals surface area contributed by atoms with Crippen LogP contribution >= 0.6 is 0 Å². The summed E-state index contributed by atoms with van der Waals surface area (Å²) in [6.07, 6.45) is 41.3. The van der Waals surface area contributed by atoms with Crippen LogP contribution in [0.2, 0.25) is 0 Å². The minimum atomic E-state index is -0.907. The predicted octanol–water partition coefficient (Wildman–Crippen LogP) is 15.6. The fourth-order valence-corrected chi connectivity index (χ4v) is 7.76. The molecule has 2 aromatic rings. The first-order chi connectivity index (χ1) is 31.9. The highest BCUT2D eigenvalue weighted by molar-refractivity contribution is 5.69. The number of allylic oxidation sites excluding steroid dienone is 4. The van der Waals surface area contributed by atoms with E-state index in [1.165, 1.54) is 116 Å². The summed E-state index contributed by atoms with van der Waals surface area (Å²) < 4.78 is 35.2. The molecule has 0 atom stereocenters. The summed E-state index contributed by atoms with van der Waals surface area (Å²) in [7, 11) is 3.29. The van der Waals surface area contributed by atoms with Gasteiger partial charge >= 0.3 is 11.9 Å². The molecule has 0 heterocycles. The molecule has 0 spiro atoms. The van der Waals surface area contributed by atoms with Gasteiger partial charge in [0.05, 0.1) is 46.1 Å². The van der Waals surface area contributed by atoms with Crippen molar-refractivity contribution >= 4 is 11.9 Å². The van der Waals surface area contributed by atoms with Gasteiger partial charge in [-0.3, -0.25) is 9.59 Å². The van der Waals surface area contributed by atoms with E-state index >= 15 is 0 Å². The predicted molar refractivity (Wildman–Crippen MR) is 269 cm³/mol. The van der Waals surface area contributed by atoms with Crippen LogP contribution < -0.4 is 9.47 Å². The lowest BCUT2D eigenvalue weighted by Gasteiger charge is -2.32. The van der Waals surface area contributed by atoms with Gasteiger partial charge in [-0.1, -0.05) is 165 Å². The molecule has 2 rings (SSSR count). The average molecular weight is 905 g/mol. The van der Waals surface area contributed by atoms with Gasteiger partial charge in [0.2, 0.25) is 0 Å².